The van der Waals surface area contributed by atoms with Crippen molar-refractivity contribution in [2.75, 3.05) is 24.9 Å². The zero-order chi connectivity index (χ0) is 28.2. The third-order valence-corrected chi connectivity index (χ3v) is 9.06. The predicted molar refractivity (Wildman–Crippen MR) is 144 cm³/mol. The average Bonchev–Trinajstić information content (AvgIpc) is 3.74. The summed E-state index contributed by atoms with van der Waals surface area (Å²) in [5, 5.41) is 32.1. The van der Waals surface area contributed by atoms with Gasteiger partial charge in [-0.25, -0.2) is 8.42 Å². The molecule has 1 aliphatic heterocycles. The second kappa shape index (κ2) is 11.0. The molecule has 0 unspecified atom stereocenters. The highest BCUT2D eigenvalue weighted by molar-refractivity contribution is 7.94. The summed E-state index contributed by atoms with van der Waals surface area (Å²) in [6.45, 7) is 0.251. The van der Waals surface area contributed by atoms with Crippen LogP contribution in [-0.4, -0.2) is 55.7 Å². The fourth-order valence-corrected chi connectivity index (χ4v) is 6.10. The van der Waals surface area contributed by atoms with Crippen LogP contribution in [0.25, 0.3) is 0 Å². The molecule has 2 aromatic carbocycles. The standard InChI is InChI=1S/C27H27N7O4S/c1-31-24-21(23(30)25(35)32-16-19-8-6-18(14-28)7-9-19)10-13-34(26(24)36)17-27(11-12-27)39(37,38)33-22-5-3-2-4-20(22)15-29/h2-9,30-31,33H,10-13,16-17H2,1H3,(H,32,35). The van der Waals surface area contributed by atoms with Gasteiger partial charge in [0.15, 0.2) is 0 Å². The largest absolute Gasteiger partial charge is 0.383 e. The molecule has 39 heavy (non-hydrogen) atoms. The highest BCUT2D eigenvalue weighted by Crippen LogP contribution is 2.45. The molecule has 0 bridgehead atoms. The van der Waals surface area contributed by atoms with E-state index in [9.17, 15) is 23.3 Å². The number of rotatable bonds is 10. The van der Waals surface area contributed by atoms with E-state index >= 15 is 0 Å². The number of nitrogens with zero attached hydrogens (tertiary/aromatic N) is 3. The van der Waals surface area contributed by atoms with E-state index in [1.165, 1.54) is 24.1 Å². The molecule has 12 heteroatoms. The van der Waals surface area contributed by atoms with Crippen LogP contribution in [0, 0.1) is 28.1 Å². The zero-order valence-electron chi connectivity index (χ0n) is 21.2. The highest BCUT2D eigenvalue weighted by Gasteiger charge is 2.56. The van der Waals surface area contributed by atoms with E-state index in [1.807, 2.05) is 12.1 Å². The Kier molecular flexibility index (Phi) is 7.70. The van der Waals surface area contributed by atoms with Gasteiger partial charge in [-0.3, -0.25) is 19.7 Å². The fourth-order valence-electron chi connectivity index (χ4n) is 4.45. The van der Waals surface area contributed by atoms with E-state index in [4.69, 9.17) is 10.7 Å². The molecule has 200 valence electrons. The Morgan fingerprint density at radius 1 is 1.10 bits per heavy atom. The first-order valence-electron chi connectivity index (χ1n) is 12.2. The SMILES string of the molecule is CNC1=C(C(=N)C(=O)NCc2ccc(C#N)cc2)CCN(CC2(S(=O)(=O)Nc3ccccc3C#N)CC2)C1=O. The molecule has 2 aliphatic rings. The van der Waals surface area contributed by atoms with Crippen molar-refractivity contribution in [1.29, 1.82) is 15.9 Å². The van der Waals surface area contributed by atoms with Crippen LogP contribution in [0.1, 0.15) is 36.0 Å². The lowest BCUT2D eigenvalue weighted by Gasteiger charge is -2.33. The molecule has 0 radical (unpaired) electrons. The van der Waals surface area contributed by atoms with E-state index in [2.05, 4.69) is 15.4 Å². The Morgan fingerprint density at radius 2 is 1.79 bits per heavy atom. The molecule has 2 amide bonds. The Labute approximate surface area is 226 Å². The zero-order valence-corrected chi connectivity index (χ0v) is 22.1. The smallest absolute Gasteiger partial charge is 0.270 e. The molecule has 1 fully saturated rings. The van der Waals surface area contributed by atoms with Gasteiger partial charge in [-0.05, 0) is 49.1 Å². The first-order valence-corrected chi connectivity index (χ1v) is 13.7. The summed E-state index contributed by atoms with van der Waals surface area (Å²) in [5.74, 6) is -1.13. The van der Waals surface area contributed by atoms with Gasteiger partial charge in [-0.1, -0.05) is 24.3 Å². The molecule has 1 heterocycles. The maximum atomic E-state index is 13.3. The highest BCUT2D eigenvalue weighted by atomic mass is 32.2. The van der Waals surface area contributed by atoms with Crippen LogP contribution in [0.3, 0.4) is 0 Å². The lowest BCUT2D eigenvalue weighted by molar-refractivity contribution is -0.128. The molecular formula is C27H27N7O4S. The summed E-state index contributed by atoms with van der Waals surface area (Å²) in [5.41, 5.74) is 1.63. The maximum Gasteiger partial charge on any atom is 0.270 e. The second-order valence-corrected chi connectivity index (χ2v) is 11.5. The summed E-state index contributed by atoms with van der Waals surface area (Å²) in [6, 6.07) is 17.0. The molecule has 0 saturated heterocycles. The minimum absolute atomic E-state index is 0.0490. The number of anilines is 1. The van der Waals surface area contributed by atoms with Crippen molar-refractivity contribution in [1.82, 2.24) is 15.5 Å². The number of nitriles is 2. The number of para-hydroxylation sites is 1. The van der Waals surface area contributed by atoms with Gasteiger partial charge in [0.2, 0.25) is 10.0 Å². The third kappa shape index (κ3) is 5.61. The van der Waals surface area contributed by atoms with Gasteiger partial charge >= 0.3 is 0 Å². The number of carbonyl (C=O) groups is 2. The lowest BCUT2D eigenvalue weighted by Crippen LogP contribution is -2.49. The van der Waals surface area contributed by atoms with E-state index < -0.39 is 26.6 Å². The van der Waals surface area contributed by atoms with Crippen molar-refractivity contribution in [3.05, 3.63) is 76.5 Å². The van der Waals surface area contributed by atoms with Gasteiger partial charge in [0.1, 0.15) is 22.2 Å². The summed E-state index contributed by atoms with van der Waals surface area (Å²) >= 11 is 0. The molecule has 4 rings (SSSR count). The summed E-state index contributed by atoms with van der Waals surface area (Å²) in [4.78, 5) is 27.4. The molecule has 0 aromatic heterocycles. The third-order valence-electron chi connectivity index (χ3n) is 6.90. The van der Waals surface area contributed by atoms with Gasteiger partial charge in [-0.2, -0.15) is 10.5 Å². The van der Waals surface area contributed by atoms with Crippen molar-refractivity contribution in [2.45, 2.75) is 30.6 Å². The van der Waals surface area contributed by atoms with Gasteiger partial charge in [0.25, 0.3) is 11.8 Å². The quantitative estimate of drug-likeness (QED) is 0.328. The normalized spacial score (nSPS) is 16.1. The fraction of sp³-hybridized carbons (Fsp3) is 0.296. The summed E-state index contributed by atoms with van der Waals surface area (Å²) < 4.78 is 27.9. The molecule has 1 aliphatic carbocycles. The number of nitrogens with one attached hydrogen (secondary N) is 4. The molecule has 4 N–H and O–H groups in total. The van der Waals surface area contributed by atoms with Crippen molar-refractivity contribution >= 4 is 33.2 Å². The van der Waals surface area contributed by atoms with Crippen LogP contribution in [0.15, 0.2) is 59.8 Å². The molecule has 1 saturated carbocycles. The van der Waals surface area contributed by atoms with Crippen LogP contribution < -0.4 is 15.4 Å². The van der Waals surface area contributed by atoms with E-state index in [1.54, 1.807) is 36.4 Å². The minimum Gasteiger partial charge on any atom is -0.383 e. The van der Waals surface area contributed by atoms with Crippen molar-refractivity contribution in [3.63, 3.8) is 0 Å². The van der Waals surface area contributed by atoms with Gasteiger partial charge in [-0.15, -0.1) is 0 Å². The molecule has 2 aromatic rings. The first-order chi connectivity index (χ1) is 18.6. The van der Waals surface area contributed by atoms with Crippen LogP contribution in [-0.2, 0) is 26.2 Å². The number of likely N-dealkylation sites (N-methyl/N-ethyl adjacent to an activating group) is 1. The topological polar surface area (TPSA) is 179 Å². The van der Waals surface area contributed by atoms with E-state index in [-0.39, 0.29) is 54.3 Å². The van der Waals surface area contributed by atoms with E-state index in [0.29, 0.717) is 18.4 Å². The number of sulfonamides is 1. The predicted octanol–water partition coefficient (Wildman–Crippen LogP) is 1.75. The average molecular weight is 546 g/mol. The van der Waals surface area contributed by atoms with E-state index in [0.717, 1.165) is 5.56 Å². The van der Waals surface area contributed by atoms with Crippen molar-refractivity contribution in [2.24, 2.45) is 0 Å². The Hall–Kier alpha value is -4.68. The molecule has 11 nitrogen and oxygen atoms in total. The monoisotopic (exact) mass is 545 g/mol. The second-order valence-electron chi connectivity index (χ2n) is 9.39. The molecular weight excluding hydrogens is 518 g/mol. The lowest BCUT2D eigenvalue weighted by atomic mass is 9.98. The summed E-state index contributed by atoms with van der Waals surface area (Å²) in [6.07, 6.45) is 0.922. The Bertz CT molecular complexity index is 1550. The van der Waals surface area contributed by atoms with Crippen molar-refractivity contribution in [3.8, 4) is 12.1 Å². The van der Waals surface area contributed by atoms with Crippen LogP contribution in [0.4, 0.5) is 5.69 Å². The molecule has 0 spiro atoms. The number of benzene rings is 2. The number of amides is 2. The van der Waals surface area contributed by atoms with Crippen LogP contribution in [0.2, 0.25) is 0 Å². The number of hydrogen-bond acceptors (Lipinski definition) is 8. The Balaban J connectivity index is 1.44. The Morgan fingerprint density at radius 3 is 2.41 bits per heavy atom. The van der Waals surface area contributed by atoms with Gasteiger partial charge in [0.05, 0.1) is 22.9 Å². The maximum absolute atomic E-state index is 13.3. The minimum atomic E-state index is -3.92. The summed E-state index contributed by atoms with van der Waals surface area (Å²) in [7, 11) is -2.40. The molecule has 0 atom stereocenters. The van der Waals surface area contributed by atoms with Gasteiger partial charge < -0.3 is 15.5 Å². The van der Waals surface area contributed by atoms with Crippen molar-refractivity contribution < 1.29 is 18.0 Å². The van der Waals surface area contributed by atoms with Crippen LogP contribution in [0.5, 0.6) is 0 Å². The van der Waals surface area contributed by atoms with Gasteiger partial charge in [0, 0.05) is 32.3 Å². The van der Waals surface area contributed by atoms with Crippen LogP contribution >= 0.6 is 0 Å². The first kappa shape index (κ1) is 27.4. The number of carbonyl (C=O) groups excluding carboxylic acids is 2. The number of hydrogen-bond donors (Lipinski definition) is 4.